The molecule has 0 aliphatic rings. The van der Waals surface area contributed by atoms with Crippen LogP contribution in [0.5, 0.6) is 0 Å². The highest BCUT2D eigenvalue weighted by molar-refractivity contribution is 14.1. The molecule has 3 aromatic carbocycles. The van der Waals surface area contributed by atoms with Gasteiger partial charge in [-0.3, -0.25) is 4.79 Å². The Morgan fingerprint density at radius 1 is 0.964 bits per heavy atom. The first-order chi connectivity index (χ1) is 13.7. The number of anilines is 1. The van der Waals surface area contributed by atoms with Gasteiger partial charge in [-0.05, 0) is 58.5 Å². The van der Waals surface area contributed by atoms with Crippen molar-refractivity contribution in [1.29, 1.82) is 0 Å². The molecule has 0 saturated carbocycles. The van der Waals surface area contributed by atoms with Gasteiger partial charge in [0.2, 0.25) is 0 Å². The molecule has 0 bridgehead atoms. The van der Waals surface area contributed by atoms with E-state index in [2.05, 4.69) is 38.0 Å². The van der Waals surface area contributed by atoms with Crippen LogP contribution in [0.4, 0.5) is 5.69 Å². The van der Waals surface area contributed by atoms with Crippen molar-refractivity contribution < 1.29 is 9.32 Å². The van der Waals surface area contributed by atoms with E-state index in [1.807, 2.05) is 72.8 Å². The van der Waals surface area contributed by atoms with E-state index in [-0.39, 0.29) is 5.91 Å². The largest absolute Gasteiger partial charge is 0.334 e. The average Bonchev–Trinajstić information content (AvgIpc) is 3.17. The van der Waals surface area contributed by atoms with Crippen LogP contribution >= 0.6 is 22.6 Å². The normalized spacial score (nSPS) is 10.6. The first-order valence-electron chi connectivity index (χ1n) is 8.72. The lowest BCUT2D eigenvalue weighted by Crippen LogP contribution is -2.12. The highest BCUT2D eigenvalue weighted by Gasteiger charge is 2.15. The molecular formula is C22H16IN3O2. The zero-order chi connectivity index (χ0) is 19.3. The minimum atomic E-state index is -0.185. The standard InChI is InChI=1S/C22H16IN3O2/c23-17-10-6-9-16(14-17)21(27)24-19-12-5-4-11-18(19)22-25-20(26-28-22)13-15-7-2-1-3-8-15/h1-12,14H,13H2,(H,24,27). The van der Waals surface area contributed by atoms with Gasteiger partial charge < -0.3 is 9.84 Å². The van der Waals surface area contributed by atoms with E-state index in [1.165, 1.54) is 0 Å². The Morgan fingerprint density at radius 2 is 1.75 bits per heavy atom. The molecule has 0 fully saturated rings. The summed E-state index contributed by atoms with van der Waals surface area (Å²) < 4.78 is 6.46. The Morgan fingerprint density at radius 3 is 2.57 bits per heavy atom. The number of aromatic nitrogens is 2. The number of nitrogens with zero attached hydrogens (tertiary/aromatic N) is 2. The number of hydrogen-bond donors (Lipinski definition) is 1. The second-order valence-corrected chi connectivity index (χ2v) is 7.43. The van der Waals surface area contributed by atoms with Gasteiger partial charge in [-0.2, -0.15) is 4.98 Å². The summed E-state index contributed by atoms with van der Waals surface area (Å²) in [5.41, 5.74) is 3.02. The number of amides is 1. The smallest absolute Gasteiger partial charge is 0.260 e. The SMILES string of the molecule is O=C(Nc1ccccc1-c1nc(Cc2ccccc2)no1)c1cccc(I)c1. The highest BCUT2D eigenvalue weighted by atomic mass is 127. The monoisotopic (exact) mass is 481 g/mol. The molecule has 0 aliphatic heterocycles. The maximum Gasteiger partial charge on any atom is 0.260 e. The van der Waals surface area contributed by atoms with Crippen LogP contribution in [0.3, 0.4) is 0 Å². The van der Waals surface area contributed by atoms with Gasteiger partial charge in [0, 0.05) is 15.6 Å². The Kier molecular flexibility index (Phi) is 5.48. The first kappa shape index (κ1) is 18.4. The number of carbonyl (C=O) groups excluding carboxylic acids is 1. The molecule has 0 unspecified atom stereocenters. The van der Waals surface area contributed by atoms with Crippen molar-refractivity contribution >= 4 is 34.2 Å². The van der Waals surface area contributed by atoms with E-state index in [0.717, 1.165) is 9.13 Å². The van der Waals surface area contributed by atoms with Gasteiger partial charge in [0.15, 0.2) is 5.82 Å². The second-order valence-electron chi connectivity index (χ2n) is 6.19. The molecule has 138 valence electrons. The fourth-order valence-electron chi connectivity index (χ4n) is 2.82. The molecule has 4 rings (SSSR count). The predicted octanol–water partition coefficient (Wildman–Crippen LogP) is 5.18. The topological polar surface area (TPSA) is 68.0 Å². The molecule has 1 heterocycles. The molecular weight excluding hydrogens is 465 g/mol. The van der Waals surface area contributed by atoms with Crippen molar-refractivity contribution in [1.82, 2.24) is 10.1 Å². The van der Waals surface area contributed by atoms with Crippen LogP contribution in [-0.4, -0.2) is 16.0 Å². The third-order valence-electron chi connectivity index (χ3n) is 4.17. The van der Waals surface area contributed by atoms with Gasteiger partial charge in [0.25, 0.3) is 11.8 Å². The molecule has 1 aromatic heterocycles. The molecule has 5 nitrogen and oxygen atoms in total. The summed E-state index contributed by atoms with van der Waals surface area (Å²) in [7, 11) is 0. The van der Waals surface area contributed by atoms with Crippen molar-refractivity contribution in [3.8, 4) is 11.5 Å². The van der Waals surface area contributed by atoms with Gasteiger partial charge in [-0.15, -0.1) is 0 Å². The number of carbonyl (C=O) groups is 1. The second kappa shape index (κ2) is 8.35. The van der Waals surface area contributed by atoms with E-state index in [9.17, 15) is 4.79 Å². The van der Waals surface area contributed by atoms with Crippen molar-refractivity contribution in [2.75, 3.05) is 5.32 Å². The summed E-state index contributed by atoms with van der Waals surface area (Å²) >= 11 is 2.18. The minimum Gasteiger partial charge on any atom is -0.334 e. The summed E-state index contributed by atoms with van der Waals surface area (Å²) in [6.07, 6.45) is 0.585. The molecule has 0 spiro atoms. The summed E-state index contributed by atoms with van der Waals surface area (Å²) in [4.78, 5) is 17.1. The molecule has 6 heteroatoms. The number of rotatable bonds is 5. The average molecular weight is 481 g/mol. The lowest BCUT2D eigenvalue weighted by atomic mass is 10.1. The van der Waals surface area contributed by atoms with Crippen molar-refractivity contribution in [2.24, 2.45) is 0 Å². The van der Waals surface area contributed by atoms with Crippen molar-refractivity contribution in [2.45, 2.75) is 6.42 Å². The van der Waals surface area contributed by atoms with Gasteiger partial charge in [-0.1, -0.05) is 53.7 Å². The number of para-hydroxylation sites is 1. The number of halogens is 1. The molecule has 0 radical (unpaired) electrons. The molecule has 1 N–H and O–H groups in total. The zero-order valence-corrected chi connectivity index (χ0v) is 17.0. The number of hydrogen-bond acceptors (Lipinski definition) is 4. The van der Waals surface area contributed by atoms with Gasteiger partial charge in [0.05, 0.1) is 11.3 Å². The third-order valence-corrected chi connectivity index (χ3v) is 4.84. The van der Waals surface area contributed by atoms with Crippen molar-refractivity contribution in [3.05, 3.63) is 99.4 Å². The molecule has 4 aromatic rings. The fourth-order valence-corrected chi connectivity index (χ4v) is 3.36. The lowest BCUT2D eigenvalue weighted by Gasteiger charge is -2.08. The Labute approximate surface area is 175 Å². The van der Waals surface area contributed by atoms with Crippen LogP contribution in [0.15, 0.2) is 83.4 Å². The van der Waals surface area contributed by atoms with Crippen LogP contribution in [-0.2, 0) is 6.42 Å². The fraction of sp³-hybridized carbons (Fsp3) is 0.0455. The molecule has 0 saturated heterocycles. The number of benzene rings is 3. The molecule has 0 aliphatic carbocycles. The summed E-state index contributed by atoms with van der Waals surface area (Å²) in [6.45, 7) is 0. The third kappa shape index (κ3) is 4.28. The number of nitrogens with one attached hydrogen (secondary N) is 1. The maximum atomic E-state index is 12.6. The van der Waals surface area contributed by atoms with E-state index in [0.29, 0.717) is 35.0 Å². The van der Waals surface area contributed by atoms with Gasteiger partial charge >= 0.3 is 0 Å². The van der Waals surface area contributed by atoms with Crippen LogP contribution in [0.2, 0.25) is 0 Å². The van der Waals surface area contributed by atoms with Gasteiger partial charge in [-0.25, -0.2) is 0 Å². The summed E-state index contributed by atoms with van der Waals surface area (Å²) in [6, 6.07) is 24.8. The van der Waals surface area contributed by atoms with Crippen LogP contribution < -0.4 is 5.32 Å². The van der Waals surface area contributed by atoms with Crippen LogP contribution in [0.25, 0.3) is 11.5 Å². The van der Waals surface area contributed by atoms with Crippen molar-refractivity contribution in [3.63, 3.8) is 0 Å². The molecule has 1 amide bonds. The Balaban J connectivity index is 1.57. The Hall–Kier alpha value is -3.00. The van der Waals surface area contributed by atoms with Gasteiger partial charge in [0.1, 0.15) is 0 Å². The lowest BCUT2D eigenvalue weighted by molar-refractivity contribution is 0.102. The van der Waals surface area contributed by atoms with E-state index in [1.54, 1.807) is 6.07 Å². The molecule has 28 heavy (non-hydrogen) atoms. The van der Waals surface area contributed by atoms with Crippen LogP contribution in [0.1, 0.15) is 21.7 Å². The quantitative estimate of drug-likeness (QED) is 0.399. The van der Waals surface area contributed by atoms with E-state index >= 15 is 0 Å². The highest BCUT2D eigenvalue weighted by Crippen LogP contribution is 2.27. The van der Waals surface area contributed by atoms with E-state index < -0.39 is 0 Å². The summed E-state index contributed by atoms with van der Waals surface area (Å²) in [5.74, 6) is 0.791. The zero-order valence-electron chi connectivity index (χ0n) is 14.8. The van der Waals surface area contributed by atoms with E-state index in [4.69, 9.17) is 4.52 Å². The first-order valence-corrected chi connectivity index (χ1v) is 9.80. The minimum absolute atomic E-state index is 0.185. The Bertz CT molecular complexity index is 1110. The predicted molar refractivity (Wildman–Crippen MR) is 116 cm³/mol. The molecule has 0 atom stereocenters. The maximum absolute atomic E-state index is 12.6. The summed E-state index contributed by atoms with van der Waals surface area (Å²) in [5, 5.41) is 7.02. The van der Waals surface area contributed by atoms with Crippen LogP contribution in [0, 0.1) is 3.57 Å².